The third kappa shape index (κ3) is 4.78. The number of halogens is 2. The maximum absolute atomic E-state index is 14.4. The highest BCUT2D eigenvalue weighted by molar-refractivity contribution is 6.01. The van der Waals surface area contributed by atoms with Gasteiger partial charge in [0.1, 0.15) is 29.0 Å². The number of carbonyl (C=O) groups excluding carboxylic acids is 2. The Morgan fingerprint density at radius 3 is 2.71 bits per heavy atom. The molecule has 6 rings (SSSR count). The zero-order valence-electron chi connectivity index (χ0n) is 22.4. The summed E-state index contributed by atoms with van der Waals surface area (Å²) >= 11 is 0. The number of ether oxygens (including phenoxy) is 1. The fourth-order valence-electron chi connectivity index (χ4n) is 5.58. The van der Waals surface area contributed by atoms with E-state index in [0.717, 1.165) is 36.7 Å². The minimum Gasteiger partial charge on any atom is -0.495 e. The molecule has 1 saturated heterocycles. The van der Waals surface area contributed by atoms with E-state index in [-0.39, 0.29) is 29.4 Å². The van der Waals surface area contributed by atoms with E-state index in [1.54, 1.807) is 19.4 Å². The number of methoxy groups -OCH3 is 1. The predicted octanol–water partition coefficient (Wildman–Crippen LogP) is 3.77. The average molecular weight is 563 g/mol. The molecule has 0 spiro atoms. The Morgan fingerprint density at radius 2 is 1.98 bits per heavy atom. The zero-order chi connectivity index (χ0) is 28.8. The molecule has 5 N–H and O–H groups in total. The molecule has 212 valence electrons. The number of likely N-dealkylation sites (tertiary alicyclic amines) is 1. The van der Waals surface area contributed by atoms with Crippen molar-refractivity contribution in [3.8, 4) is 17.1 Å². The SMILES string of the molecule is COc1cc2c(cc1Nc1nc(Nc3cc(F)cc(F)c3C(N)=O)c3ccnc-3[nH]1)N(C(=O)[C@@H]1CCCN1C)CC2. The average Bonchev–Trinajstić information content (AvgIpc) is 3.67. The van der Waals surface area contributed by atoms with Crippen LogP contribution < -0.4 is 26.0 Å². The van der Waals surface area contributed by atoms with Crippen molar-refractivity contribution in [3.63, 3.8) is 0 Å². The van der Waals surface area contributed by atoms with Crippen LogP contribution in [0, 0.1) is 11.6 Å². The van der Waals surface area contributed by atoms with Crippen LogP contribution in [0.4, 0.5) is 37.6 Å². The summed E-state index contributed by atoms with van der Waals surface area (Å²) in [6, 6.07) is 6.82. The van der Waals surface area contributed by atoms with Gasteiger partial charge in [-0.25, -0.2) is 13.8 Å². The van der Waals surface area contributed by atoms with Gasteiger partial charge in [-0.15, -0.1) is 0 Å². The van der Waals surface area contributed by atoms with Crippen molar-refractivity contribution in [1.82, 2.24) is 19.9 Å². The lowest BCUT2D eigenvalue weighted by Gasteiger charge is -2.26. The Kier molecular flexibility index (Phi) is 6.66. The Hall–Kier alpha value is -4.78. The molecular weight excluding hydrogens is 534 g/mol. The summed E-state index contributed by atoms with van der Waals surface area (Å²) in [7, 11) is 3.52. The quantitative estimate of drug-likeness (QED) is 0.267. The van der Waals surface area contributed by atoms with Crippen molar-refractivity contribution in [2.45, 2.75) is 25.3 Å². The maximum Gasteiger partial charge on any atom is 0.253 e. The van der Waals surface area contributed by atoms with Gasteiger partial charge in [-0.3, -0.25) is 14.5 Å². The lowest BCUT2D eigenvalue weighted by molar-refractivity contribution is -0.122. The van der Waals surface area contributed by atoms with Crippen molar-refractivity contribution in [2.75, 3.05) is 42.8 Å². The summed E-state index contributed by atoms with van der Waals surface area (Å²) in [6.45, 7) is 1.48. The van der Waals surface area contributed by atoms with Crippen LogP contribution in [0.25, 0.3) is 11.4 Å². The first-order chi connectivity index (χ1) is 19.7. The van der Waals surface area contributed by atoms with E-state index in [4.69, 9.17) is 10.5 Å². The lowest BCUT2D eigenvalue weighted by Crippen LogP contribution is -2.43. The maximum atomic E-state index is 14.4. The molecule has 41 heavy (non-hydrogen) atoms. The van der Waals surface area contributed by atoms with Gasteiger partial charge >= 0.3 is 0 Å². The first kappa shape index (κ1) is 26.4. The molecule has 4 aliphatic rings. The molecule has 4 aliphatic heterocycles. The van der Waals surface area contributed by atoms with E-state index < -0.39 is 23.1 Å². The number of primary amides is 1. The number of nitrogens with zero attached hydrogens (tertiary/aromatic N) is 4. The standard InChI is InChI=1S/C28H28F2N8O3/c1-37-8-3-4-20(37)27(40)38-9-6-14-10-22(41-2)18(13-21(14)38)34-28-35-25-16(5-7-32-25)26(36-28)33-19-12-15(29)11-17(30)23(19)24(31)39/h5,7,10-13,20H,3-4,6,8-9H2,1-2H3,(H2,31,39)(H3,32,33,34,35,36)/t20-/m0/s1. The van der Waals surface area contributed by atoms with Gasteiger partial charge in [0.15, 0.2) is 0 Å². The summed E-state index contributed by atoms with van der Waals surface area (Å²) in [5.74, 6) is -1.61. The molecular formula is C28H28F2N8O3. The van der Waals surface area contributed by atoms with E-state index in [9.17, 15) is 18.4 Å². The number of H-pyrrole nitrogens is 1. The van der Waals surface area contributed by atoms with Gasteiger partial charge in [-0.1, -0.05) is 0 Å². The molecule has 2 amide bonds. The molecule has 0 saturated carbocycles. The molecule has 0 bridgehead atoms. The third-order valence-electron chi connectivity index (χ3n) is 7.59. The highest BCUT2D eigenvalue weighted by Crippen LogP contribution is 2.40. The number of nitrogens with one attached hydrogen (secondary N) is 3. The molecule has 0 aliphatic carbocycles. The number of rotatable bonds is 7. The van der Waals surface area contributed by atoms with Gasteiger partial charge in [0.2, 0.25) is 11.9 Å². The minimum absolute atomic E-state index is 0.0750. The normalized spacial score (nSPS) is 16.7. The number of anilines is 5. The number of benzene rings is 2. The minimum atomic E-state index is -1.09. The Morgan fingerprint density at radius 1 is 1.15 bits per heavy atom. The van der Waals surface area contributed by atoms with E-state index in [1.807, 2.05) is 24.1 Å². The summed E-state index contributed by atoms with van der Waals surface area (Å²) in [5.41, 5.74) is 7.54. The second kappa shape index (κ2) is 10.3. The van der Waals surface area contributed by atoms with Crippen molar-refractivity contribution in [2.24, 2.45) is 5.73 Å². The summed E-state index contributed by atoms with van der Waals surface area (Å²) in [5, 5.41) is 6.04. The Balaban J connectivity index is 1.36. The van der Waals surface area contributed by atoms with E-state index >= 15 is 0 Å². The van der Waals surface area contributed by atoms with Crippen LogP contribution in [0.1, 0.15) is 28.8 Å². The lowest BCUT2D eigenvalue weighted by atomic mass is 10.1. The van der Waals surface area contributed by atoms with Gasteiger partial charge < -0.3 is 31.0 Å². The number of amides is 2. The van der Waals surface area contributed by atoms with Gasteiger partial charge in [-0.05, 0) is 62.7 Å². The van der Waals surface area contributed by atoms with Crippen molar-refractivity contribution >= 4 is 40.6 Å². The second-order valence-corrected chi connectivity index (χ2v) is 10.1. The van der Waals surface area contributed by atoms with E-state index in [2.05, 4.69) is 30.5 Å². The number of likely N-dealkylation sites (N-methyl/N-ethyl adjacent to an activating group) is 1. The molecule has 4 heterocycles. The second-order valence-electron chi connectivity index (χ2n) is 10.1. The smallest absolute Gasteiger partial charge is 0.253 e. The van der Waals surface area contributed by atoms with Crippen molar-refractivity contribution in [3.05, 3.63) is 59.3 Å². The number of hydrogen-bond acceptors (Lipinski definition) is 8. The topological polar surface area (TPSA) is 142 Å². The molecule has 2 aromatic rings. The molecule has 0 aromatic heterocycles. The fourth-order valence-corrected chi connectivity index (χ4v) is 5.58. The summed E-state index contributed by atoms with van der Waals surface area (Å²) < 4.78 is 34.1. The zero-order valence-corrected chi connectivity index (χ0v) is 22.4. The molecule has 0 unspecified atom stereocenters. The van der Waals surface area contributed by atoms with Crippen molar-refractivity contribution in [1.29, 1.82) is 0 Å². The Bertz CT molecular complexity index is 1640. The van der Waals surface area contributed by atoms with E-state index in [1.165, 1.54) is 0 Å². The van der Waals surface area contributed by atoms with Gasteiger partial charge in [0, 0.05) is 24.5 Å². The molecule has 2 aromatic carbocycles. The highest BCUT2D eigenvalue weighted by Gasteiger charge is 2.35. The number of nitrogens with two attached hydrogens (primary N) is 1. The Labute approximate surface area is 234 Å². The van der Waals surface area contributed by atoms with Crippen molar-refractivity contribution < 1.29 is 23.1 Å². The molecule has 13 heteroatoms. The summed E-state index contributed by atoms with van der Waals surface area (Å²) in [4.78, 5) is 41.2. The van der Waals surface area contributed by atoms with Gasteiger partial charge in [0.25, 0.3) is 5.91 Å². The number of fused-ring (bicyclic) bond motifs is 2. The van der Waals surface area contributed by atoms with Gasteiger partial charge in [-0.2, -0.15) is 4.98 Å². The van der Waals surface area contributed by atoms with Crippen LogP contribution in [-0.2, 0) is 11.2 Å². The fraction of sp³-hybridized carbons (Fsp3) is 0.286. The highest BCUT2D eigenvalue weighted by atomic mass is 19.1. The molecule has 1 fully saturated rings. The monoisotopic (exact) mass is 562 g/mol. The van der Waals surface area contributed by atoms with Crippen LogP contribution in [0.2, 0.25) is 0 Å². The molecule has 1 atom stereocenters. The first-order valence-electron chi connectivity index (χ1n) is 13.1. The number of aromatic nitrogens is 3. The number of hydrogen-bond donors (Lipinski definition) is 4. The third-order valence-corrected chi connectivity index (χ3v) is 7.59. The van der Waals surface area contributed by atoms with Crippen LogP contribution in [-0.4, -0.2) is 65.0 Å². The number of aromatic amines is 1. The number of carbonyl (C=O) groups is 2. The van der Waals surface area contributed by atoms with Crippen LogP contribution >= 0.6 is 0 Å². The largest absolute Gasteiger partial charge is 0.495 e. The predicted molar refractivity (Wildman–Crippen MR) is 149 cm³/mol. The first-order valence-corrected chi connectivity index (χ1v) is 13.1. The summed E-state index contributed by atoms with van der Waals surface area (Å²) in [6.07, 6.45) is 4.07. The van der Waals surface area contributed by atoms with Crippen LogP contribution in [0.5, 0.6) is 5.75 Å². The van der Waals surface area contributed by atoms with Gasteiger partial charge in [0.05, 0.1) is 35.7 Å². The van der Waals surface area contributed by atoms with Crippen LogP contribution in [0.3, 0.4) is 0 Å². The molecule has 11 nitrogen and oxygen atoms in total. The van der Waals surface area contributed by atoms with Crippen LogP contribution in [0.15, 0.2) is 36.5 Å². The van der Waals surface area contributed by atoms with E-state index in [0.29, 0.717) is 41.9 Å². The molecule has 0 radical (unpaired) electrons.